The summed E-state index contributed by atoms with van der Waals surface area (Å²) in [5.74, 6) is 0.890. The van der Waals surface area contributed by atoms with Crippen LogP contribution in [0.1, 0.15) is 20.3 Å². The van der Waals surface area contributed by atoms with E-state index in [9.17, 15) is 0 Å². The number of nitrogens with zero attached hydrogens (tertiary/aromatic N) is 1. The van der Waals surface area contributed by atoms with Crippen LogP contribution in [0.25, 0.3) is 0 Å². The van der Waals surface area contributed by atoms with Gasteiger partial charge in [-0.05, 0) is 20.3 Å². The minimum Gasteiger partial charge on any atom is -0.496 e. The first-order chi connectivity index (χ1) is 6.68. The molecule has 0 saturated carbocycles. The van der Waals surface area contributed by atoms with Crippen molar-refractivity contribution in [1.82, 2.24) is 4.90 Å². The minimum atomic E-state index is 0.342. The van der Waals surface area contributed by atoms with Crippen LogP contribution in [0.5, 0.6) is 0 Å². The number of ether oxygens (including phenoxy) is 2. The molecular formula is C11H21NO2. The second-order valence-corrected chi connectivity index (χ2v) is 3.94. The highest BCUT2D eigenvalue weighted by Gasteiger charge is 2.12. The maximum Gasteiger partial charge on any atom is 0.103 e. The van der Waals surface area contributed by atoms with Crippen molar-refractivity contribution in [3.8, 4) is 0 Å². The zero-order valence-electron chi connectivity index (χ0n) is 9.29. The van der Waals surface area contributed by atoms with E-state index in [1.807, 2.05) is 0 Å². The van der Waals surface area contributed by atoms with E-state index in [1.165, 1.54) is 0 Å². The molecule has 0 spiro atoms. The van der Waals surface area contributed by atoms with Gasteiger partial charge in [-0.1, -0.05) is 6.58 Å². The monoisotopic (exact) mass is 199 g/mol. The maximum atomic E-state index is 5.48. The van der Waals surface area contributed by atoms with Crippen molar-refractivity contribution in [1.29, 1.82) is 0 Å². The molecule has 1 heterocycles. The van der Waals surface area contributed by atoms with Gasteiger partial charge in [0.15, 0.2) is 0 Å². The summed E-state index contributed by atoms with van der Waals surface area (Å²) in [4.78, 5) is 2.36. The predicted molar refractivity (Wildman–Crippen MR) is 57.2 cm³/mol. The SMILES string of the molecule is C=C1CN(CCCOC(C)C)CCO1. The molecule has 1 aliphatic heterocycles. The summed E-state index contributed by atoms with van der Waals surface area (Å²) < 4.78 is 10.8. The third kappa shape index (κ3) is 4.63. The molecule has 0 bridgehead atoms. The van der Waals surface area contributed by atoms with E-state index in [0.717, 1.165) is 45.0 Å². The van der Waals surface area contributed by atoms with E-state index in [1.54, 1.807) is 0 Å². The molecule has 0 unspecified atom stereocenters. The van der Waals surface area contributed by atoms with Crippen molar-refractivity contribution in [3.63, 3.8) is 0 Å². The first-order valence-corrected chi connectivity index (χ1v) is 5.33. The second-order valence-electron chi connectivity index (χ2n) is 3.94. The molecule has 1 fully saturated rings. The molecular weight excluding hydrogens is 178 g/mol. The van der Waals surface area contributed by atoms with Gasteiger partial charge in [0.05, 0.1) is 12.6 Å². The number of rotatable bonds is 5. The molecule has 1 rings (SSSR count). The van der Waals surface area contributed by atoms with Crippen molar-refractivity contribution < 1.29 is 9.47 Å². The van der Waals surface area contributed by atoms with Crippen LogP contribution in [0, 0.1) is 0 Å². The number of morpholine rings is 1. The van der Waals surface area contributed by atoms with Crippen LogP contribution in [-0.2, 0) is 9.47 Å². The smallest absolute Gasteiger partial charge is 0.103 e. The summed E-state index contributed by atoms with van der Waals surface area (Å²) in [6.07, 6.45) is 1.43. The van der Waals surface area contributed by atoms with Crippen molar-refractivity contribution in [2.45, 2.75) is 26.4 Å². The van der Waals surface area contributed by atoms with E-state index in [0.29, 0.717) is 6.10 Å². The van der Waals surface area contributed by atoms with Crippen LogP contribution >= 0.6 is 0 Å². The summed E-state index contributed by atoms with van der Waals surface area (Å²) in [6.45, 7) is 12.6. The normalized spacial score (nSPS) is 18.6. The third-order valence-electron chi connectivity index (χ3n) is 2.18. The van der Waals surface area contributed by atoms with Crippen LogP contribution in [0.15, 0.2) is 12.3 Å². The molecule has 1 aliphatic rings. The Balaban J connectivity index is 2.03. The lowest BCUT2D eigenvalue weighted by molar-refractivity contribution is 0.0572. The third-order valence-corrected chi connectivity index (χ3v) is 2.18. The Hall–Kier alpha value is -0.540. The molecule has 0 N–H and O–H groups in total. The zero-order chi connectivity index (χ0) is 10.4. The molecule has 0 aliphatic carbocycles. The highest BCUT2D eigenvalue weighted by Crippen LogP contribution is 2.06. The lowest BCUT2D eigenvalue weighted by atomic mass is 10.3. The Labute approximate surface area is 86.7 Å². The first-order valence-electron chi connectivity index (χ1n) is 5.33. The minimum absolute atomic E-state index is 0.342. The summed E-state index contributed by atoms with van der Waals surface area (Å²) in [7, 11) is 0. The van der Waals surface area contributed by atoms with Crippen molar-refractivity contribution >= 4 is 0 Å². The van der Waals surface area contributed by atoms with Gasteiger partial charge in [0, 0.05) is 19.7 Å². The van der Waals surface area contributed by atoms with Gasteiger partial charge < -0.3 is 9.47 Å². The molecule has 0 atom stereocenters. The van der Waals surface area contributed by atoms with E-state index in [2.05, 4.69) is 25.3 Å². The highest BCUT2D eigenvalue weighted by molar-refractivity contribution is 4.89. The van der Waals surface area contributed by atoms with Gasteiger partial charge in [-0.15, -0.1) is 0 Å². The fourth-order valence-electron chi connectivity index (χ4n) is 1.49. The molecule has 0 aromatic rings. The van der Waals surface area contributed by atoms with Crippen LogP contribution < -0.4 is 0 Å². The van der Waals surface area contributed by atoms with Gasteiger partial charge in [-0.25, -0.2) is 0 Å². The molecule has 14 heavy (non-hydrogen) atoms. The molecule has 82 valence electrons. The van der Waals surface area contributed by atoms with Gasteiger partial charge in [0.1, 0.15) is 12.4 Å². The van der Waals surface area contributed by atoms with Crippen LogP contribution in [0.3, 0.4) is 0 Å². The number of hydrogen-bond donors (Lipinski definition) is 0. The summed E-state index contributed by atoms with van der Waals surface area (Å²) in [6, 6.07) is 0. The molecule has 0 amide bonds. The van der Waals surface area contributed by atoms with Crippen LogP contribution in [0.2, 0.25) is 0 Å². The quantitative estimate of drug-likeness (QED) is 0.628. The number of hydrogen-bond acceptors (Lipinski definition) is 3. The average molecular weight is 199 g/mol. The van der Waals surface area contributed by atoms with Gasteiger partial charge in [0.25, 0.3) is 0 Å². The largest absolute Gasteiger partial charge is 0.496 e. The van der Waals surface area contributed by atoms with Crippen LogP contribution in [-0.4, -0.2) is 43.9 Å². The molecule has 1 saturated heterocycles. The second kappa shape index (κ2) is 6.04. The van der Waals surface area contributed by atoms with Crippen molar-refractivity contribution in [2.75, 3.05) is 32.8 Å². The summed E-state index contributed by atoms with van der Waals surface area (Å²) in [5, 5.41) is 0. The van der Waals surface area contributed by atoms with E-state index in [-0.39, 0.29) is 0 Å². The zero-order valence-corrected chi connectivity index (χ0v) is 9.29. The van der Waals surface area contributed by atoms with Gasteiger partial charge >= 0.3 is 0 Å². The topological polar surface area (TPSA) is 21.7 Å². The Morgan fingerprint density at radius 1 is 1.57 bits per heavy atom. The Morgan fingerprint density at radius 3 is 3.00 bits per heavy atom. The molecule has 0 aromatic carbocycles. The Morgan fingerprint density at radius 2 is 2.36 bits per heavy atom. The lowest BCUT2D eigenvalue weighted by Crippen LogP contribution is -2.35. The highest BCUT2D eigenvalue weighted by atomic mass is 16.5. The van der Waals surface area contributed by atoms with E-state index < -0.39 is 0 Å². The summed E-state index contributed by atoms with van der Waals surface area (Å²) >= 11 is 0. The molecule has 0 radical (unpaired) electrons. The van der Waals surface area contributed by atoms with Crippen molar-refractivity contribution in [3.05, 3.63) is 12.3 Å². The van der Waals surface area contributed by atoms with Gasteiger partial charge in [-0.2, -0.15) is 0 Å². The van der Waals surface area contributed by atoms with Crippen LogP contribution in [0.4, 0.5) is 0 Å². The first kappa shape index (κ1) is 11.5. The Kier molecular flexibility index (Phi) is 4.98. The van der Waals surface area contributed by atoms with Crippen molar-refractivity contribution in [2.24, 2.45) is 0 Å². The molecule has 3 heteroatoms. The fraction of sp³-hybridized carbons (Fsp3) is 0.818. The fourth-order valence-corrected chi connectivity index (χ4v) is 1.49. The standard InChI is InChI=1S/C11H21NO2/c1-10(2)13-7-4-5-12-6-8-14-11(3)9-12/h10H,3-9H2,1-2H3. The lowest BCUT2D eigenvalue weighted by Gasteiger charge is -2.28. The predicted octanol–water partition coefficient (Wildman–Crippen LogP) is 1.65. The van der Waals surface area contributed by atoms with Gasteiger partial charge in [0.2, 0.25) is 0 Å². The molecule has 0 aromatic heterocycles. The maximum absolute atomic E-state index is 5.48. The van der Waals surface area contributed by atoms with E-state index >= 15 is 0 Å². The molecule has 3 nitrogen and oxygen atoms in total. The Bertz CT molecular complexity index is 180. The average Bonchev–Trinajstić information content (AvgIpc) is 2.12. The van der Waals surface area contributed by atoms with Gasteiger partial charge in [-0.3, -0.25) is 4.90 Å². The summed E-state index contributed by atoms with van der Waals surface area (Å²) in [5.41, 5.74) is 0. The van der Waals surface area contributed by atoms with E-state index in [4.69, 9.17) is 9.47 Å².